The average Bonchev–Trinajstić information content (AvgIpc) is 3.16. The number of amides is 1. The van der Waals surface area contributed by atoms with Crippen LogP contribution in [-0.2, 0) is 11.2 Å². The van der Waals surface area contributed by atoms with Gasteiger partial charge in [-0.05, 0) is 23.8 Å². The first-order valence-electron chi connectivity index (χ1n) is 8.64. The van der Waals surface area contributed by atoms with E-state index in [0.29, 0.717) is 36.0 Å². The highest BCUT2D eigenvalue weighted by Crippen LogP contribution is 2.28. The summed E-state index contributed by atoms with van der Waals surface area (Å²) in [6.45, 7) is 1.14. The lowest BCUT2D eigenvalue weighted by atomic mass is 10.1. The van der Waals surface area contributed by atoms with Crippen LogP contribution in [0.4, 0.5) is 0 Å². The number of likely N-dealkylation sites (tertiary alicyclic amines) is 1. The number of benzene rings is 1. The van der Waals surface area contributed by atoms with Crippen LogP contribution < -0.4 is 14.2 Å². The van der Waals surface area contributed by atoms with Gasteiger partial charge in [-0.1, -0.05) is 6.07 Å². The van der Waals surface area contributed by atoms with Gasteiger partial charge in [0, 0.05) is 25.2 Å². The van der Waals surface area contributed by atoms with Gasteiger partial charge in [0.15, 0.2) is 11.5 Å². The van der Waals surface area contributed by atoms with Gasteiger partial charge in [0.1, 0.15) is 6.10 Å². The van der Waals surface area contributed by atoms with Crippen molar-refractivity contribution >= 4 is 5.91 Å². The number of pyridine rings is 1. The van der Waals surface area contributed by atoms with Crippen LogP contribution in [0, 0.1) is 11.3 Å². The molecule has 7 heteroatoms. The molecule has 0 N–H and O–H groups in total. The Balaban J connectivity index is 1.58. The fourth-order valence-electron chi connectivity index (χ4n) is 3.04. The number of nitrogens with zero attached hydrogens (tertiary/aromatic N) is 3. The maximum absolute atomic E-state index is 12.6. The summed E-state index contributed by atoms with van der Waals surface area (Å²) < 4.78 is 16.3. The molecular formula is C20H21N3O4. The zero-order valence-corrected chi connectivity index (χ0v) is 15.3. The summed E-state index contributed by atoms with van der Waals surface area (Å²) in [7, 11) is 3.15. The van der Waals surface area contributed by atoms with Crippen molar-refractivity contribution in [2.75, 3.05) is 27.3 Å². The number of carbonyl (C=O) groups excluding carboxylic acids is 1. The number of hydrogen-bond donors (Lipinski definition) is 0. The van der Waals surface area contributed by atoms with Gasteiger partial charge in [-0.3, -0.25) is 4.79 Å². The number of aromatic nitrogens is 1. The van der Waals surface area contributed by atoms with Crippen LogP contribution in [0.15, 0.2) is 36.5 Å². The van der Waals surface area contributed by atoms with Gasteiger partial charge in [-0.15, -0.1) is 0 Å². The molecule has 1 aromatic carbocycles. The van der Waals surface area contributed by atoms with Crippen molar-refractivity contribution in [3.05, 3.63) is 47.7 Å². The van der Waals surface area contributed by atoms with E-state index in [0.717, 1.165) is 12.0 Å². The molecule has 1 unspecified atom stereocenters. The topological polar surface area (TPSA) is 84.7 Å². The molecule has 140 valence electrons. The lowest BCUT2D eigenvalue weighted by Gasteiger charge is -2.17. The minimum Gasteiger partial charge on any atom is -0.493 e. The fourth-order valence-corrected chi connectivity index (χ4v) is 3.04. The van der Waals surface area contributed by atoms with Crippen molar-refractivity contribution in [3.63, 3.8) is 0 Å². The second-order valence-electron chi connectivity index (χ2n) is 6.23. The molecule has 1 saturated heterocycles. The number of ether oxygens (including phenoxy) is 3. The molecule has 1 atom stereocenters. The van der Waals surface area contributed by atoms with Gasteiger partial charge in [0.05, 0.1) is 38.8 Å². The van der Waals surface area contributed by atoms with E-state index in [1.165, 1.54) is 0 Å². The monoisotopic (exact) mass is 367 g/mol. The predicted octanol–water partition coefficient (Wildman–Crippen LogP) is 2.19. The van der Waals surface area contributed by atoms with Gasteiger partial charge >= 0.3 is 0 Å². The van der Waals surface area contributed by atoms with E-state index in [-0.39, 0.29) is 18.4 Å². The van der Waals surface area contributed by atoms with Gasteiger partial charge in [-0.25, -0.2) is 4.98 Å². The molecule has 1 fully saturated rings. The molecule has 3 rings (SSSR count). The smallest absolute Gasteiger partial charge is 0.227 e. The third-order valence-electron chi connectivity index (χ3n) is 4.45. The quantitative estimate of drug-likeness (QED) is 0.778. The first-order valence-corrected chi connectivity index (χ1v) is 8.64. The van der Waals surface area contributed by atoms with Crippen LogP contribution >= 0.6 is 0 Å². The Hall–Kier alpha value is -3.27. The van der Waals surface area contributed by atoms with Crippen LogP contribution in [0.2, 0.25) is 0 Å². The van der Waals surface area contributed by atoms with E-state index >= 15 is 0 Å². The Morgan fingerprint density at radius 1 is 1.26 bits per heavy atom. The van der Waals surface area contributed by atoms with Crippen molar-refractivity contribution in [1.82, 2.24) is 9.88 Å². The van der Waals surface area contributed by atoms with Crippen LogP contribution in [0.5, 0.6) is 17.4 Å². The molecule has 2 heterocycles. The Bertz CT molecular complexity index is 863. The van der Waals surface area contributed by atoms with Crippen LogP contribution in [-0.4, -0.2) is 49.2 Å². The van der Waals surface area contributed by atoms with E-state index in [1.807, 2.05) is 12.1 Å². The van der Waals surface area contributed by atoms with Crippen molar-refractivity contribution < 1.29 is 19.0 Å². The number of rotatable bonds is 6. The van der Waals surface area contributed by atoms with Crippen LogP contribution in [0.25, 0.3) is 0 Å². The highest BCUT2D eigenvalue weighted by atomic mass is 16.5. The zero-order chi connectivity index (χ0) is 19.2. The number of nitriles is 1. The van der Waals surface area contributed by atoms with E-state index in [9.17, 15) is 4.79 Å². The molecule has 0 radical (unpaired) electrons. The molecule has 0 saturated carbocycles. The van der Waals surface area contributed by atoms with Gasteiger partial charge in [0.2, 0.25) is 11.8 Å². The van der Waals surface area contributed by atoms with E-state index in [2.05, 4.69) is 11.1 Å². The molecule has 0 spiro atoms. The first-order chi connectivity index (χ1) is 13.1. The Kier molecular flexibility index (Phi) is 5.77. The largest absolute Gasteiger partial charge is 0.493 e. The maximum atomic E-state index is 12.6. The third kappa shape index (κ3) is 4.47. The van der Waals surface area contributed by atoms with Gasteiger partial charge in [0.25, 0.3) is 0 Å². The summed E-state index contributed by atoms with van der Waals surface area (Å²) in [6.07, 6.45) is 2.44. The van der Waals surface area contributed by atoms with Crippen LogP contribution in [0.3, 0.4) is 0 Å². The second-order valence-corrected chi connectivity index (χ2v) is 6.23. The Morgan fingerprint density at radius 3 is 2.81 bits per heavy atom. The summed E-state index contributed by atoms with van der Waals surface area (Å²) in [5, 5.41) is 8.95. The molecule has 27 heavy (non-hydrogen) atoms. The van der Waals surface area contributed by atoms with E-state index in [4.69, 9.17) is 19.5 Å². The Labute approximate surface area is 158 Å². The summed E-state index contributed by atoms with van der Waals surface area (Å²) >= 11 is 0. The molecular weight excluding hydrogens is 346 g/mol. The highest BCUT2D eigenvalue weighted by molar-refractivity contribution is 5.79. The number of methoxy groups -OCH3 is 2. The predicted molar refractivity (Wildman–Crippen MR) is 97.8 cm³/mol. The lowest BCUT2D eigenvalue weighted by molar-refractivity contribution is -0.129. The highest BCUT2D eigenvalue weighted by Gasteiger charge is 2.28. The molecule has 1 amide bonds. The first kappa shape index (κ1) is 18.5. The summed E-state index contributed by atoms with van der Waals surface area (Å²) in [4.78, 5) is 18.5. The summed E-state index contributed by atoms with van der Waals surface area (Å²) in [6, 6.07) is 10.8. The molecule has 0 bridgehead atoms. The minimum atomic E-state index is -0.124. The lowest BCUT2D eigenvalue weighted by Crippen LogP contribution is -2.32. The van der Waals surface area contributed by atoms with Crippen LogP contribution in [0.1, 0.15) is 17.5 Å². The molecule has 1 aliphatic rings. The number of carbonyl (C=O) groups is 1. The zero-order valence-electron chi connectivity index (χ0n) is 15.3. The third-order valence-corrected chi connectivity index (χ3v) is 4.45. The molecule has 1 aliphatic heterocycles. The SMILES string of the molecule is COc1ccc(CC(=O)N2CCC(Oc3cc(C#N)ccn3)C2)cc1OC. The molecule has 2 aromatic rings. The van der Waals surface area contributed by atoms with E-state index in [1.54, 1.807) is 43.5 Å². The average molecular weight is 367 g/mol. The van der Waals surface area contributed by atoms with Crippen molar-refractivity contribution in [3.8, 4) is 23.4 Å². The maximum Gasteiger partial charge on any atom is 0.227 e. The Morgan fingerprint density at radius 2 is 2.07 bits per heavy atom. The van der Waals surface area contributed by atoms with Crippen molar-refractivity contribution in [2.45, 2.75) is 18.9 Å². The van der Waals surface area contributed by atoms with Crippen molar-refractivity contribution in [1.29, 1.82) is 5.26 Å². The van der Waals surface area contributed by atoms with Crippen molar-refractivity contribution in [2.24, 2.45) is 0 Å². The molecule has 7 nitrogen and oxygen atoms in total. The minimum absolute atomic E-state index is 0.0343. The number of hydrogen-bond acceptors (Lipinski definition) is 6. The molecule has 1 aromatic heterocycles. The summed E-state index contributed by atoms with van der Waals surface area (Å²) in [5.74, 6) is 1.68. The molecule has 0 aliphatic carbocycles. The standard InChI is InChI=1S/C20H21N3O4/c1-25-17-4-3-14(9-18(17)26-2)11-20(24)23-8-6-16(13-23)27-19-10-15(12-21)5-7-22-19/h3-5,7,9-10,16H,6,8,11,13H2,1-2H3. The normalized spacial score (nSPS) is 15.9. The van der Waals surface area contributed by atoms with Gasteiger partial charge in [-0.2, -0.15) is 5.26 Å². The van der Waals surface area contributed by atoms with Gasteiger partial charge < -0.3 is 19.1 Å². The summed E-state index contributed by atoms with van der Waals surface area (Å²) in [5.41, 5.74) is 1.37. The second kappa shape index (κ2) is 8.41. The fraction of sp³-hybridized carbons (Fsp3) is 0.350. The van der Waals surface area contributed by atoms with E-state index < -0.39 is 0 Å².